The number of sulfonamides is 1. The van der Waals surface area contributed by atoms with Gasteiger partial charge in [-0.05, 0) is 0 Å². The maximum atomic E-state index is 11.8. The van der Waals surface area contributed by atoms with Gasteiger partial charge in [0.25, 0.3) is 0 Å². The van der Waals surface area contributed by atoms with Crippen molar-refractivity contribution in [3.8, 4) is 0 Å². The summed E-state index contributed by atoms with van der Waals surface area (Å²) in [4.78, 5) is 10.9. The number of ether oxygens (including phenoxy) is 1. The van der Waals surface area contributed by atoms with Crippen LogP contribution in [0.5, 0.6) is 0 Å². The van der Waals surface area contributed by atoms with Crippen molar-refractivity contribution in [2.24, 2.45) is 0 Å². The van der Waals surface area contributed by atoms with E-state index in [1.165, 1.54) is 7.11 Å². The van der Waals surface area contributed by atoms with Crippen LogP contribution >= 0.6 is 0 Å². The van der Waals surface area contributed by atoms with Gasteiger partial charge in [-0.1, -0.05) is 6.92 Å². The monoisotopic (exact) mass is 301 g/mol. The van der Waals surface area contributed by atoms with Gasteiger partial charge in [0.15, 0.2) is 0 Å². The van der Waals surface area contributed by atoms with Gasteiger partial charge < -0.3 is 4.74 Å². The summed E-state index contributed by atoms with van der Waals surface area (Å²) >= 11 is 0. The number of hydrogen-bond donors (Lipinski definition) is 0. The molecule has 0 N–H and O–H groups in total. The molecular weight excluding hydrogens is 282 g/mol. The van der Waals surface area contributed by atoms with Crippen LogP contribution in [0.15, 0.2) is 0 Å². The molecule has 0 aliphatic heterocycles. The Balaban J connectivity index is 4.58. The first-order chi connectivity index (χ1) is 8.12. The highest BCUT2D eigenvalue weighted by atomic mass is 32.2. The Kier molecular flexibility index (Phi) is 6.79. The van der Waals surface area contributed by atoms with E-state index >= 15 is 0 Å². The molecule has 0 aromatic rings. The summed E-state index contributed by atoms with van der Waals surface area (Å²) in [5.41, 5.74) is 0. The number of sulfone groups is 1. The van der Waals surface area contributed by atoms with E-state index in [4.69, 9.17) is 0 Å². The zero-order chi connectivity index (χ0) is 14.4. The molecule has 18 heavy (non-hydrogen) atoms. The smallest absolute Gasteiger partial charge is 0.306 e. The first-order valence-electron chi connectivity index (χ1n) is 5.34. The molecule has 0 saturated carbocycles. The quantitative estimate of drug-likeness (QED) is 0.547. The lowest BCUT2D eigenvalue weighted by molar-refractivity contribution is -0.140. The van der Waals surface area contributed by atoms with Gasteiger partial charge in [0.2, 0.25) is 10.0 Å². The molecule has 0 heterocycles. The maximum Gasteiger partial charge on any atom is 0.306 e. The van der Waals surface area contributed by atoms with Crippen LogP contribution in [-0.2, 0) is 29.4 Å². The number of esters is 1. The van der Waals surface area contributed by atoms with E-state index in [1.54, 1.807) is 6.92 Å². The molecule has 0 saturated heterocycles. The van der Waals surface area contributed by atoms with E-state index in [0.29, 0.717) is 0 Å². The minimum Gasteiger partial charge on any atom is -0.469 e. The number of methoxy groups -OCH3 is 1. The van der Waals surface area contributed by atoms with Crippen molar-refractivity contribution in [3.63, 3.8) is 0 Å². The summed E-state index contributed by atoms with van der Waals surface area (Å²) in [6.07, 6.45) is 0.926. The van der Waals surface area contributed by atoms with Crippen LogP contribution in [0.2, 0.25) is 0 Å². The first-order valence-corrected chi connectivity index (χ1v) is 9.01. The highest BCUT2D eigenvalue weighted by molar-refractivity contribution is 7.93. The van der Waals surface area contributed by atoms with Gasteiger partial charge in [0.1, 0.15) is 9.84 Å². The molecule has 0 aliphatic rings. The largest absolute Gasteiger partial charge is 0.469 e. The third-order valence-electron chi connectivity index (χ3n) is 2.25. The van der Waals surface area contributed by atoms with Crippen LogP contribution in [0, 0.1) is 0 Å². The Bertz CT molecular complexity index is 467. The number of carbonyl (C=O) groups is 1. The average Bonchev–Trinajstić information content (AvgIpc) is 2.26. The molecular formula is C9H19NO6S2. The summed E-state index contributed by atoms with van der Waals surface area (Å²) in [6, 6.07) is 0. The van der Waals surface area contributed by atoms with Gasteiger partial charge in [0, 0.05) is 19.3 Å². The van der Waals surface area contributed by atoms with Crippen molar-refractivity contribution < 1.29 is 26.4 Å². The van der Waals surface area contributed by atoms with Gasteiger partial charge in [-0.15, -0.1) is 0 Å². The first kappa shape index (κ1) is 17.3. The maximum absolute atomic E-state index is 11.8. The Labute approximate surface area is 108 Å². The van der Waals surface area contributed by atoms with Crippen molar-refractivity contribution in [2.45, 2.75) is 13.3 Å². The predicted molar refractivity (Wildman–Crippen MR) is 67.4 cm³/mol. The summed E-state index contributed by atoms with van der Waals surface area (Å²) < 4.78 is 51.0. The second kappa shape index (κ2) is 7.05. The lowest BCUT2D eigenvalue weighted by Crippen LogP contribution is -2.36. The lowest BCUT2D eigenvalue weighted by atomic mass is 10.4. The highest BCUT2D eigenvalue weighted by Gasteiger charge is 2.22. The van der Waals surface area contributed by atoms with Crippen LogP contribution in [0.3, 0.4) is 0 Å². The minimum absolute atomic E-state index is 0.00469. The van der Waals surface area contributed by atoms with Crippen LogP contribution in [0.25, 0.3) is 0 Å². The molecule has 0 aromatic heterocycles. The third-order valence-corrected chi connectivity index (χ3v) is 5.40. The van der Waals surface area contributed by atoms with E-state index < -0.39 is 37.3 Å². The van der Waals surface area contributed by atoms with Gasteiger partial charge in [0.05, 0.1) is 25.0 Å². The molecule has 0 unspecified atom stereocenters. The Morgan fingerprint density at radius 2 is 1.72 bits per heavy atom. The number of nitrogens with zero attached hydrogens (tertiary/aromatic N) is 1. The van der Waals surface area contributed by atoms with E-state index in [2.05, 4.69) is 4.74 Å². The van der Waals surface area contributed by atoms with Crippen molar-refractivity contribution >= 4 is 25.8 Å². The zero-order valence-electron chi connectivity index (χ0n) is 10.7. The SMILES string of the molecule is CCN(CCC(=O)OC)S(=O)(=O)CCS(C)(=O)=O. The summed E-state index contributed by atoms with van der Waals surface area (Å²) in [5.74, 6) is -1.41. The normalized spacial score (nSPS) is 12.7. The van der Waals surface area contributed by atoms with Crippen LogP contribution in [0.1, 0.15) is 13.3 Å². The van der Waals surface area contributed by atoms with Gasteiger partial charge >= 0.3 is 5.97 Å². The summed E-state index contributed by atoms with van der Waals surface area (Å²) in [7, 11) is -5.78. The Hall–Kier alpha value is -0.670. The second-order valence-corrected chi connectivity index (χ2v) is 8.11. The molecule has 7 nitrogen and oxygen atoms in total. The molecule has 0 aromatic carbocycles. The molecule has 0 rings (SSSR count). The van der Waals surface area contributed by atoms with E-state index in [9.17, 15) is 21.6 Å². The number of hydrogen-bond acceptors (Lipinski definition) is 6. The second-order valence-electron chi connectivity index (χ2n) is 3.76. The molecule has 0 spiro atoms. The molecule has 108 valence electrons. The molecule has 9 heteroatoms. The van der Waals surface area contributed by atoms with E-state index in [-0.39, 0.29) is 19.5 Å². The fraction of sp³-hybridized carbons (Fsp3) is 0.889. The Morgan fingerprint density at radius 1 is 1.17 bits per heavy atom. The van der Waals surface area contributed by atoms with Gasteiger partial charge in [-0.25, -0.2) is 21.1 Å². The standard InChI is InChI=1S/C9H19NO6S2/c1-4-10(6-5-9(11)16-2)18(14,15)8-7-17(3,12)13/h4-8H2,1-3H3. The fourth-order valence-electron chi connectivity index (χ4n) is 1.20. The Morgan fingerprint density at radius 3 is 2.11 bits per heavy atom. The van der Waals surface area contributed by atoms with Crippen LogP contribution in [-0.4, -0.2) is 65.1 Å². The number of rotatable bonds is 8. The molecule has 0 atom stereocenters. The van der Waals surface area contributed by atoms with Crippen molar-refractivity contribution in [3.05, 3.63) is 0 Å². The highest BCUT2D eigenvalue weighted by Crippen LogP contribution is 2.04. The van der Waals surface area contributed by atoms with E-state index in [1.807, 2.05) is 0 Å². The molecule has 0 aliphatic carbocycles. The molecule has 0 fully saturated rings. The summed E-state index contributed by atoms with van der Waals surface area (Å²) in [6.45, 7) is 1.80. The lowest BCUT2D eigenvalue weighted by Gasteiger charge is -2.19. The fourth-order valence-corrected chi connectivity index (χ4v) is 4.27. The van der Waals surface area contributed by atoms with Crippen molar-refractivity contribution in [1.29, 1.82) is 0 Å². The molecule has 0 bridgehead atoms. The van der Waals surface area contributed by atoms with Gasteiger partial charge in [-0.2, -0.15) is 0 Å². The molecule has 0 amide bonds. The number of carbonyl (C=O) groups excluding carboxylic acids is 1. The zero-order valence-corrected chi connectivity index (χ0v) is 12.4. The summed E-state index contributed by atoms with van der Waals surface area (Å²) in [5, 5.41) is 0. The van der Waals surface area contributed by atoms with Crippen LogP contribution in [0.4, 0.5) is 0 Å². The van der Waals surface area contributed by atoms with Crippen LogP contribution < -0.4 is 0 Å². The van der Waals surface area contributed by atoms with Gasteiger partial charge in [-0.3, -0.25) is 4.79 Å². The predicted octanol–water partition coefficient (Wildman–Crippen LogP) is -0.754. The minimum atomic E-state index is -3.66. The molecule has 0 radical (unpaired) electrons. The third kappa shape index (κ3) is 6.92. The van der Waals surface area contributed by atoms with E-state index in [0.717, 1.165) is 10.6 Å². The topological polar surface area (TPSA) is 97.8 Å². The van der Waals surface area contributed by atoms with Crippen molar-refractivity contribution in [2.75, 3.05) is 38.0 Å². The average molecular weight is 301 g/mol. The van der Waals surface area contributed by atoms with Crippen molar-refractivity contribution in [1.82, 2.24) is 4.31 Å².